The monoisotopic (exact) mass is 374 g/mol. The molecule has 0 saturated heterocycles. The molecule has 0 radical (unpaired) electrons. The van der Waals surface area contributed by atoms with Gasteiger partial charge in [-0.25, -0.2) is 0 Å². The van der Waals surface area contributed by atoms with Crippen LogP contribution in [0, 0.1) is 13.8 Å². The standard InChI is InChI=1S/C20H21F3N4/c1-13-19(14(2)27(26-13)11-10-24)17-8-3-4-9-18(17)25-16-7-5-6-15(12-16)20(21,22)23/h3-9,12,25H,10-11,24H2,1-2H3. The average molecular weight is 374 g/mol. The molecule has 7 heteroatoms. The molecule has 1 heterocycles. The largest absolute Gasteiger partial charge is 0.416 e. The minimum absolute atomic E-state index is 0.377. The van der Waals surface area contributed by atoms with Gasteiger partial charge in [-0.05, 0) is 38.1 Å². The van der Waals surface area contributed by atoms with Crippen LogP contribution in [0.5, 0.6) is 0 Å². The third-order valence-corrected chi connectivity index (χ3v) is 4.39. The van der Waals surface area contributed by atoms with Gasteiger partial charge in [-0.2, -0.15) is 18.3 Å². The Morgan fingerprint density at radius 3 is 2.52 bits per heavy atom. The molecule has 0 fully saturated rings. The fourth-order valence-corrected chi connectivity index (χ4v) is 3.17. The molecule has 0 unspecified atom stereocenters. The van der Waals surface area contributed by atoms with Gasteiger partial charge in [-0.3, -0.25) is 4.68 Å². The van der Waals surface area contributed by atoms with E-state index in [2.05, 4.69) is 10.4 Å². The van der Waals surface area contributed by atoms with E-state index in [-0.39, 0.29) is 0 Å². The first-order valence-corrected chi connectivity index (χ1v) is 8.59. The number of benzene rings is 2. The fraction of sp³-hybridized carbons (Fsp3) is 0.250. The van der Waals surface area contributed by atoms with Gasteiger partial charge in [0.2, 0.25) is 0 Å². The molecule has 0 aliphatic rings. The molecular weight excluding hydrogens is 353 g/mol. The number of nitrogens with zero attached hydrogens (tertiary/aromatic N) is 2. The SMILES string of the molecule is Cc1nn(CCN)c(C)c1-c1ccccc1Nc1cccc(C(F)(F)F)c1. The summed E-state index contributed by atoms with van der Waals surface area (Å²) >= 11 is 0. The number of halogens is 3. The second kappa shape index (κ2) is 7.44. The number of anilines is 2. The molecule has 3 N–H and O–H groups in total. The summed E-state index contributed by atoms with van der Waals surface area (Å²) in [5.41, 5.74) is 9.71. The van der Waals surface area contributed by atoms with Crippen molar-refractivity contribution in [1.29, 1.82) is 0 Å². The van der Waals surface area contributed by atoms with E-state index in [1.165, 1.54) is 6.07 Å². The molecule has 1 aromatic heterocycles. The first-order chi connectivity index (χ1) is 12.8. The Labute approximate surface area is 155 Å². The summed E-state index contributed by atoms with van der Waals surface area (Å²) in [6.45, 7) is 4.96. The molecule has 27 heavy (non-hydrogen) atoms. The Kier molecular flexibility index (Phi) is 5.23. The zero-order valence-electron chi connectivity index (χ0n) is 15.1. The van der Waals surface area contributed by atoms with Gasteiger partial charge in [0.05, 0.1) is 17.8 Å². The fourth-order valence-electron chi connectivity index (χ4n) is 3.17. The lowest BCUT2D eigenvalue weighted by atomic mass is 10.0. The van der Waals surface area contributed by atoms with Crippen LogP contribution in [0.25, 0.3) is 11.1 Å². The van der Waals surface area contributed by atoms with Crippen LogP contribution >= 0.6 is 0 Å². The van der Waals surface area contributed by atoms with Crippen LogP contribution in [0.15, 0.2) is 48.5 Å². The molecule has 4 nitrogen and oxygen atoms in total. The summed E-state index contributed by atoms with van der Waals surface area (Å²) < 4.78 is 40.8. The van der Waals surface area contributed by atoms with E-state index in [1.807, 2.05) is 42.8 Å². The summed E-state index contributed by atoms with van der Waals surface area (Å²) in [4.78, 5) is 0. The van der Waals surface area contributed by atoms with E-state index in [0.717, 1.165) is 40.3 Å². The normalized spacial score (nSPS) is 11.6. The highest BCUT2D eigenvalue weighted by molar-refractivity contribution is 5.83. The van der Waals surface area contributed by atoms with Gasteiger partial charge < -0.3 is 11.1 Å². The predicted molar refractivity (Wildman–Crippen MR) is 101 cm³/mol. The number of alkyl halides is 3. The number of aryl methyl sites for hydroxylation is 1. The molecule has 0 bridgehead atoms. The van der Waals surface area contributed by atoms with Gasteiger partial charge in [0.25, 0.3) is 0 Å². The molecule has 0 saturated carbocycles. The lowest BCUT2D eigenvalue weighted by Gasteiger charge is -2.14. The zero-order chi connectivity index (χ0) is 19.6. The Morgan fingerprint density at radius 2 is 1.81 bits per heavy atom. The van der Waals surface area contributed by atoms with E-state index in [1.54, 1.807) is 6.07 Å². The van der Waals surface area contributed by atoms with Crippen LogP contribution in [0.3, 0.4) is 0 Å². The summed E-state index contributed by atoms with van der Waals surface area (Å²) in [6, 6.07) is 12.7. The third kappa shape index (κ3) is 3.98. The number of para-hydroxylation sites is 1. The molecule has 0 amide bonds. The van der Waals surface area contributed by atoms with Crippen LogP contribution < -0.4 is 11.1 Å². The van der Waals surface area contributed by atoms with E-state index < -0.39 is 11.7 Å². The second-order valence-corrected chi connectivity index (χ2v) is 6.31. The number of hydrogen-bond donors (Lipinski definition) is 2. The zero-order valence-corrected chi connectivity index (χ0v) is 15.1. The van der Waals surface area contributed by atoms with Crippen molar-refractivity contribution in [1.82, 2.24) is 9.78 Å². The molecule has 0 aliphatic carbocycles. The van der Waals surface area contributed by atoms with E-state index in [9.17, 15) is 13.2 Å². The van der Waals surface area contributed by atoms with Crippen LogP contribution in [0.4, 0.5) is 24.5 Å². The van der Waals surface area contributed by atoms with Crippen molar-refractivity contribution in [2.75, 3.05) is 11.9 Å². The second-order valence-electron chi connectivity index (χ2n) is 6.31. The van der Waals surface area contributed by atoms with Crippen LogP contribution in [0.1, 0.15) is 17.0 Å². The van der Waals surface area contributed by atoms with Crippen molar-refractivity contribution >= 4 is 11.4 Å². The first-order valence-electron chi connectivity index (χ1n) is 8.59. The van der Waals surface area contributed by atoms with E-state index >= 15 is 0 Å². The van der Waals surface area contributed by atoms with Crippen molar-refractivity contribution in [3.05, 3.63) is 65.5 Å². The number of rotatable bonds is 5. The van der Waals surface area contributed by atoms with Gasteiger partial charge in [-0.15, -0.1) is 0 Å². The summed E-state index contributed by atoms with van der Waals surface area (Å²) in [5.74, 6) is 0. The highest BCUT2D eigenvalue weighted by Crippen LogP contribution is 2.36. The summed E-state index contributed by atoms with van der Waals surface area (Å²) in [6.07, 6.45) is -4.38. The van der Waals surface area contributed by atoms with Crippen molar-refractivity contribution in [2.24, 2.45) is 5.73 Å². The number of aromatic nitrogens is 2. The molecule has 142 valence electrons. The Hall–Kier alpha value is -2.80. The Bertz CT molecular complexity index is 945. The first kappa shape index (κ1) is 19.0. The smallest absolute Gasteiger partial charge is 0.355 e. The van der Waals surface area contributed by atoms with Crippen molar-refractivity contribution in [3.63, 3.8) is 0 Å². The molecule has 2 aromatic carbocycles. The van der Waals surface area contributed by atoms with Gasteiger partial charge >= 0.3 is 6.18 Å². The van der Waals surface area contributed by atoms with E-state index in [4.69, 9.17) is 5.73 Å². The van der Waals surface area contributed by atoms with Gasteiger partial charge in [0.1, 0.15) is 0 Å². The van der Waals surface area contributed by atoms with Crippen molar-refractivity contribution < 1.29 is 13.2 Å². The maximum absolute atomic E-state index is 13.0. The van der Waals surface area contributed by atoms with Crippen molar-refractivity contribution in [3.8, 4) is 11.1 Å². The summed E-state index contributed by atoms with van der Waals surface area (Å²) in [5, 5.41) is 7.65. The van der Waals surface area contributed by atoms with E-state index in [0.29, 0.717) is 18.8 Å². The van der Waals surface area contributed by atoms with Crippen molar-refractivity contribution in [2.45, 2.75) is 26.6 Å². The topological polar surface area (TPSA) is 55.9 Å². The number of nitrogens with two attached hydrogens (primary N) is 1. The average Bonchev–Trinajstić information content (AvgIpc) is 2.89. The van der Waals surface area contributed by atoms with Gasteiger partial charge in [-0.1, -0.05) is 24.3 Å². The van der Waals surface area contributed by atoms with Gasteiger partial charge in [0, 0.05) is 34.7 Å². The van der Waals surface area contributed by atoms with Crippen LogP contribution in [-0.2, 0) is 12.7 Å². The number of hydrogen-bond acceptors (Lipinski definition) is 3. The third-order valence-electron chi connectivity index (χ3n) is 4.39. The lowest BCUT2D eigenvalue weighted by molar-refractivity contribution is -0.137. The number of nitrogens with one attached hydrogen (secondary N) is 1. The van der Waals surface area contributed by atoms with Crippen LogP contribution in [0.2, 0.25) is 0 Å². The highest BCUT2D eigenvalue weighted by Gasteiger charge is 2.30. The quantitative estimate of drug-likeness (QED) is 0.669. The van der Waals surface area contributed by atoms with Gasteiger partial charge in [0.15, 0.2) is 0 Å². The molecular formula is C20H21F3N4. The maximum Gasteiger partial charge on any atom is 0.416 e. The molecule has 3 aromatic rings. The molecule has 0 spiro atoms. The molecule has 3 rings (SSSR count). The molecule has 0 atom stereocenters. The summed E-state index contributed by atoms with van der Waals surface area (Å²) in [7, 11) is 0. The minimum atomic E-state index is -4.38. The Balaban J connectivity index is 2.01. The molecule has 0 aliphatic heterocycles. The highest BCUT2D eigenvalue weighted by atomic mass is 19.4. The predicted octanol–water partition coefficient (Wildman–Crippen LogP) is 4.89. The minimum Gasteiger partial charge on any atom is -0.355 e. The maximum atomic E-state index is 13.0. The lowest BCUT2D eigenvalue weighted by Crippen LogP contribution is -2.12. The van der Waals surface area contributed by atoms with Crippen LogP contribution in [-0.4, -0.2) is 16.3 Å². The Morgan fingerprint density at radius 1 is 1.07 bits per heavy atom.